The SMILES string of the molecule is OC[C@H]1O[C@H]2Nc3ccccc3N[C@H]2[C@@H](O)[C@H]1O. The van der Waals surface area contributed by atoms with Crippen molar-refractivity contribution >= 4 is 11.4 Å². The van der Waals surface area contributed by atoms with Crippen molar-refractivity contribution in [2.75, 3.05) is 17.2 Å². The molecule has 2 aliphatic heterocycles. The summed E-state index contributed by atoms with van der Waals surface area (Å²) < 4.78 is 5.55. The second-order valence-corrected chi connectivity index (χ2v) is 4.62. The van der Waals surface area contributed by atoms with Gasteiger partial charge in [-0.15, -0.1) is 0 Å². The number of anilines is 2. The number of ether oxygens (including phenoxy) is 1. The van der Waals surface area contributed by atoms with Crippen LogP contribution in [0.2, 0.25) is 0 Å². The minimum atomic E-state index is -1.10. The van der Waals surface area contributed by atoms with Crippen molar-refractivity contribution in [3.05, 3.63) is 24.3 Å². The van der Waals surface area contributed by atoms with E-state index in [4.69, 9.17) is 9.84 Å². The standard InChI is InChI=1S/C12H16N2O4/c15-5-8-10(16)11(17)9-12(18-8)14-7-4-2-1-3-6(7)13-9/h1-4,8-17H,5H2/t8-,9+,10+,11-,12-/m1/s1. The van der Waals surface area contributed by atoms with Crippen LogP contribution in [0.3, 0.4) is 0 Å². The van der Waals surface area contributed by atoms with Crippen LogP contribution < -0.4 is 10.6 Å². The molecule has 3 rings (SSSR count). The molecule has 0 saturated carbocycles. The summed E-state index contributed by atoms with van der Waals surface area (Å²) >= 11 is 0. The minimum Gasteiger partial charge on any atom is -0.394 e. The highest BCUT2D eigenvalue weighted by Gasteiger charge is 2.46. The molecule has 5 N–H and O–H groups in total. The number of benzene rings is 1. The van der Waals surface area contributed by atoms with Gasteiger partial charge in [0.1, 0.15) is 18.3 Å². The van der Waals surface area contributed by atoms with Crippen LogP contribution in [0, 0.1) is 0 Å². The van der Waals surface area contributed by atoms with E-state index in [-0.39, 0.29) is 6.61 Å². The highest BCUT2D eigenvalue weighted by atomic mass is 16.5. The number of hydrogen-bond donors (Lipinski definition) is 5. The molecule has 6 heteroatoms. The summed E-state index contributed by atoms with van der Waals surface area (Å²) in [5, 5.41) is 35.3. The second-order valence-electron chi connectivity index (χ2n) is 4.62. The summed E-state index contributed by atoms with van der Waals surface area (Å²) in [6.45, 7) is -0.329. The van der Waals surface area contributed by atoms with E-state index in [0.717, 1.165) is 11.4 Å². The summed E-state index contributed by atoms with van der Waals surface area (Å²) in [6.07, 6.45) is -3.35. The van der Waals surface area contributed by atoms with Gasteiger partial charge in [-0.25, -0.2) is 0 Å². The molecule has 0 radical (unpaired) electrons. The Hall–Kier alpha value is -1.34. The summed E-state index contributed by atoms with van der Waals surface area (Å²) in [6, 6.07) is 7.11. The molecule has 1 aromatic carbocycles. The van der Waals surface area contributed by atoms with Crippen LogP contribution in [0.1, 0.15) is 0 Å². The Morgan fingerprint density at radius 1 is 1.06 bits per heavy atom. The maximum Gasteiger partial charge on any atom is 0.151 e. The van der Waals surface area contributed by atoms with Crippen molar-refractivity contribution in [2.24, 2.45) is 0 Å². The molecule has 98 valence electrons. The molecule has 6 nitrogen and oxygen atoms in total. The fourth-order valence-electron chi connectivity index (χ4n) is 2.47. The predicted molar refractivity (Wildman–Crippen MR) is 65.2 cm³/mol. The molecule has 1 aromatic rings. The van der Waals surface area contributed by atoms with Crippen LogP contribution in [0.5, 0.6) is 0 Å². The number of para-hydroxylation sites is 2. The summed E-state index contributed by atoms with van der Waals surface area (Å²) in [5.41, 5.74) is 1.73. The van der Waals surface area contributed by atoms with E-state index in [1.807, 2.05) is 24.3 Å². The molecule has 0 unspecified atom stereocenters. The summed E-state index contributed by atoms with van der Waals surface area (Å²) in [7, 11) is 0. The van der Waals surface area contributed by atoms with Gasteiger partial charge in [-0.1, -0.05) is 12.1 Å². The second kappa shape index (κ2) is 4.40. The van der Waals surface area contributed by atoms with Crippen LogP contribution in [0.25, 0.3) is 0 Å². The van der Waals surface area contributed by atoms with Crippen molar-refractivity contribution < 1.29 is 20.1 Å². The zero-order valence-electron chi connectivity index (χ0n) is 9.65. The van der Waals surface area contributed by atoms with E-state index in [0.29, 0.717) is 0 Å². The van der Waals surface area contributed by atoms with E-state index in [2.05, 4.69) is 10.6 Å². The molecule has 0 aliphatic carbocycles. The first kappa shape index (κ1) is 11.7. The summed E-state index contributed by atoms with van der Waals surface area (Å²) in [4.78, 5) is 0. The van der Waals surface area contributed by atoms with Gasteiger partial charge in [0, 0.05) is 0 Å². The van der Waals surface area contributed by atoms with Gasteiger partial charge in [0.25, 0.3) is 0 Å². The van der Waals surface area contributed by atoms with Gasteiger partial charge in [-0.2, -0.15) is 0 Å². The zero-order valence-corrected chi connectivity index (χ0v) is 9.65. The van der Waals surface area contributed by atoms with Crippen LogP contribution >= 0.6 is 0 Å². The number of aliphatic hydroxyl groups excluding tert-OH is 3. The maximum absolute atomic E-state index is 10.1. The molecule has 2 heterocycles. The van der Waals surface area contributed by atoms with E-state index >= 15 is 0 Å². The first-order valence-electron chi connectivity index (χ1n) is 5.95. The molecule has 5 atom stereocenters. The van der Waals surface area contributed by atoms with Gasteiger partial charge in [0.2, 0.25) is 0 Å². The molecular formula is C12H16N2O4. The number of hydrogen-bond acceptors (Lipinski definition) is 6. The van der Waals surface area contributed by atoms with Crippen molar-refractivity contribution in [3.8, 4) is 0 Å². The Morgan fingerprint density at radius 2 is 1.72 bits per heavy atom. The normalized spacial score (nSPS) is 38.1. The van der Waals surface area contributed by atoms with Gasteiger partial charge < -0.3 is 30.7 Å². The van der Waals surface area contributed by atoms with Gasteiger partial charge >= 0.3 is 0 Å². The number of fused-ring (bicyclic) bond motifs is 2. The molecule has 1 fully saturated rings. The molecular weight excluding hydrogens is 236 g/mol. The Balaban J connectivity index is 1.88. The van der Waals surface area contributed by atoms with Crippen molar-refractivity contribution in [1.82, 2.24) is 0 Å². The van der Waals surface area contributed by atoms with Crippen LogP contribution in [-0.4, -0.2) is 52.5 Å². The zero-order chi connectivity index (χ0) is 12.7. The average Bonchev–Trinajstić information content (AvgIpc) is 2.41. The molecule has 2 aliphatic rings. The number of rotatable bonds is 1. The number of aliphatic hydroxyl groups is 3. The Morgan fingerprint density at radius 3 is 2.39 bits per heavy atom. The average molecular weight is 252 g/mol. The Kier molecular flexibility index (Phi) is 2.87. The Labute approximate surface area is 104 Å². The maximum atomic E-state index is 10.1. The fourth-order valence-corrected chi connectivity index (χ4v) is 2.47. The fraction of sp³-hybridized carbons (Fsp3) is 0.500. The molecule has 0 aromatic heterocycles. The van der Waals surface area contributed by atoms with Crippen molar-refractivity contribution in [3.63, 3.8) is 0 Å². The highest BCUT2D eigenvalue weighted by Crippen LogP contribution is 2.33. The third kappa shape index (κ3) is 1.74. The summed E-state index contributed by atoms with van der Waals surface area (Å²) in [5.74, 6) is 0. The molecule has 0 amide bonds. The molecule has 0 spiro atoms. The largest absolute Gasteiger partial charge is 0.394 e. The van der Waals surface area contributed by atoms with Crippen molar-refractivity contribution in [2.45, 2.75) is 30.6 Å². The lowest BCUT2D eigenvalue weighted by atomic mass is 9.94. The van der Waals surface area contributed by atoms with Gasteiger partial charge in [0.15, 0.2) is 6.23 Å². The molecule has 18 heavy (non-hydrogen) atoms. The topological polar surface area (TPSA) is 94.0 Å². The van der Waals surface area contributed by atoms with Gasteiger partial charge in [-0.3, -0.25) is 0 Å². The number of nitrogens with one attached hydrogen (secondary N) is 2. The quantitative estimate of drug-likeness (QED) is 0.455. The van der Waals surface area contributed by atoms with Gasteiger partial charge in [0.05, 0.1) is 24.0 Å². The van der Waals surface area contributed by atoms with E-state index in [1.165, 1.54) is 0 Å². The minimum absolute atomic E-state index is 0.329. The third-order valence-electron chi connectivity index (χ3n) is 3.47. The van der Waals surface area contributed by atoms with Crippen LogP contribution in [-0.2, 0) is 4.74 Å². The third-order valence-corrected chi connectivity index (χ3v) is 3.47. The first-order chi connectivity index (χ1) is 8.70. The van der Waals surface area contributed by atoms with E-state index in [1.54, 1.807) is 0 Å². The monoisotopic (exact) mass is 252 g/mol. The molecule has 0 bridgehead atoms. The lowest BCUT2D eigenvalue weighted by molar-refractivity contribution is -0.178. The Bertz CT molecular complexity index is 442. The highest BCUT2D eigenvalue weighted by molar-refractivity contribution is 5.71. The van der Waals surface area contributed by atoms with Crippen LogP contribution in [0.4, 0.5) is 11.4 Å². The smallest absolute Gasteiger partial charge is 0.151 e. The van der Waals surface area contributed by atoms with Crippen LogP contribution in [0.15, 0.2) is 24.3 Å². The van der Waals surface area contributed by atoms with E-state index in [9.17, 15) is 10.2 Å². The van der Waals surface area contributed by atoms with Crippen molar-refractivity contribution in [1.29, 1.82) is 0 Å². The lowest BCUT2D eigenvalue weighted by Crippen LogP contribution is -2.64. The van der Waals surface area contributed by atoms with E-state index < -0.39 is 30.6 Å². The predicted octanol–water partition coefficient (Wildman–Crippen LogP) is -0.668. The molecule has 1 saturated heterocycles. The lowest BCUT2D eigenvalue weighted by Gasteiger charge is -2.46. The van der Waals surface area contributed by atoms with Gasteiger partial charge in [-0.05, 0) is 12.1 Å². The first-order valence-corrected chi connectivity index (χ1v) is 5.95.